The van der Waals surface area contributed by atoms with Gasteiger partial charge in [0.25, 0.3) is 0 Å². The summed E-state index contributed by atoms with van der Waals surface area (Å²) in [6, 6.07) is 5.80. The van der Waals surface area contributed by atoms with E-state index in [1.807, 2.05) is 18.2 Å². The minimum atomic E-state index is 0.200. The zero-order chi connectivity index (χ0) is 11.5. The third-order valence-electron chi connectivity index (χ3n) is 2.81. The van der Waals surface area contributed by atoms with E-state index >= 15 is 0 Å². The molecule has 0 nitrogen and oxygen atoms in total. The van der Waals surface area contributed by atoms with Crippen LogP contribution in [-0.2, 0) is 6.42 Å². The number of hydrogen-bond donors (Lipinski definition) is 0. The summed E-state index contributed by atoms with van der Waals surface area (Å²) in [6.07, 6.45) is 6.52. The van der Waals surface area contributed by atoms with Gasteiger partial charge in [0.15, 0.2) is 0 Å². The number of benzene rings is 1. The van der Waals surface area contributed by atoms with Crippen LogP contribution < -0.4 is 0 Å². The van der Waals surface area contributed by atoms with Crippen molar-refractivity contribution in [1.29, 1.82) is 0 Å². The Kier molecular flexibility index (Phi) is 4.18. The Hall–Kier alpha value is -0.170. The van der Waals surface area contributed by atoms with Gasteiger partial charge in [0.2, 0.25) is 0 Å². The molecular formula is C13H13Cl3. The molecule has 1 aliphatic carbocycles. The first kappa shape index (κ1) is 12.3. The van der Waals surface area contributed by atoms with Gasteiger partial charge >= 0.3 is 0 Å². The summed E-state index contributed by atoms with van der Waals surface area (Å²) in [5.74, 6) is 0. The molecule has 0 amide bonds. The zero-order valence-corrected chi connectivity index (χ0v) is 11.1. The molecule has 1 aromatic carbocycles. The lowest BCUT2D eigenvalue weighted by molar-refractivity contribution is 0.693. The summed E-state index contributed by atoms with van der Waals surface area (Å²) in [4.78, 5) is 0. The average Bonchev–Trinajstić information content (AvgIpc) is 2.24. The van der Waals surface area contributed by atoms with Crippen molar-refractivity contribution in [3.63, 3.8) is 0 Å². The van der Waals surface area contributed by atoms with Gasteiger partial charge in [-0.05, 0) is 43.4 Å². The second kappa shape index (κ2) is 5.44. The molecule has 0 aromatic heterocycles. The Morgan fingerprint density at radius 2 is 2.00 bits per heavy atom. The first-order valence-corrected chi connectivity index (χ1v) is 6.62. The Morgan fingerprint density at radius 3 is 2.69 bits per heavy atom. The molecular weight excluding hydrogens is 263 g/mol. The lowest BCUT2D eigenvalue weighted by Gasteiger charge is -2.16. The van der Waals surface area contributed by atoms with E-state index in [1.165, 1.54) is 17.6 Å². The zero-order valence-electron chi connectivity index (χ0n) is 8.85. The van der Waals surface area contributed by atoms with Gasteiger partial charge in [0, 0.05) is 0 Å². The highest BCUT2D eigenvalue weighted by Crippen LogP contribution is 2.27. The smallest absolute Gasteiger partial charge is 0.0595 e. The minimum absolute atomic E-state index is 0.200. The van der Waals surface area contributed by atoms with Gasteiger partial charge in [0.1, 0.15) is 0 Å². The van der Waals surface area contributed by atoms with Crippen molar-refractivity contribution in [1.82, 2.24) is 0 Å². The molecule has 0 aliphatic heterocycles. The Labute approximate surface area is 111 Å². The lowest BCUT2D eigenvalue weighted by atomic mass is 9.94. The van der Waals surface area contributed by atoms with Gasteiger partial charge in [-0.15, -0.1) is 11.6 Å². The molecule has 0 saturated carbocycles. The molecule has 1 aliphatic rings. The SMILES string of the molecule is Clc1ccc(CC2=CC(Cl)CCC2)cc1Cl. The van der Waals surface area contributed by atoms with Crippen LogP contribution in [0.3, 0.4) is 0 Å². The van der Waals surface area contributed by atoms with Crippen molar-refractivity contribution in [2.45, 2.75) is 31.1 Å². The third-order valence-corrected chi connectivity index (χ3v) is 3.89. The third kappa shape index (κ3) is 3.16. The van der Waals surface area contributed by atoms with Gasteiger partial charge in [-0.2, -0.15) is 0 Å². The van der Waals surface area contributed by atoms with Crippen LogP contribution in [0.15, 0.2) is 29.8 Å². The van der Waals surface area contributed by atoms with Crippen molar-refractivity contribution < 1.29 is 0 Å². The summed E-state index contributed by atoms with van der Waals surface area (Å²) in [5, 5.41) is 1.43. The largest absolute Gasteiger partial charge is 0.118 e. The van der Waals surface area contributed by atoms with Crippen molar-refractivity contribution >= 4 is 34.8 Å². The van der Waals surface area contributed by atoms with Crippen molar-refractivity contribution in [2.75, 3.05) is 0 Å². The van der Waals surface area contributed by atoms with Gasteiger partial charge in [-0.25, -0.2) is 0 Å². The molecule has 0 spiro atoms. The van der Waals surface area contributed by atoms with Crippen molar-refractivity contribution in [3.8, 4) is 0 Å². The quantitative estimate of drug-likeness (QED) is 0.510. The second-order valence-corrected chi connectivity index (χ2v) is 5.53. The van der Waals surface area contributed by atoms with Gasteiger partial charge in [0.05, 0.1) is 15.4 Å². The first-order valence-electron chi connectivity index (χ1n) is 5.43. The summed E-state index contributed by atoms with van der Waals surface area (Å²) >= 11 is 18.0. The summed E-state index contributed by atoms with van der Waals surface area (Å²) < 4.78 is 0. The monoisotopic (exact) mass is 274 g/mol. The first-order chi connectivity index (χ1) is 7.65. The molecule has 2 rings (SSSR count). The van der Waals surface area contributed by atoms with Crippen molar-refractivity contribution in [3.05, 3.63) is 45.5 Å². The van der Waals surface area contributed by atoms with E-state index in [2.05, 4.69) is 6.08 Å². The molecule has 16 heavy (non-hydrogen) atoms. The van der Waals surface area contributed by atoms with Crippen LogP contribution in [0.1, 0.15) is 24.8 Å². The van der Waals surface area contributed by atoms with Crippen LogP contribution in [0.5, 0.6) is 0 Å². The molecule has 0 radical (unpaired) electrons. The highest BCUT2D eigenvalue weighted by atomic mass is 35.5. The molecule has 3 heteroatoms. The molecule has 0 N–H and O–H groups in total. The fourth-order valence-electron chi connectivity index (χ4n) is 2.01. The number of rotatable bonds is 2. The van der Waals surface area contributed by atoms with Crippen LogP contribution in [0, 0.1) is 0 Å². The van der Waals surface area contributed by atoms with Crippen LogP contribution in [0.4, 0.5) is 0 Å². The number of allylic oxidation sites excluding steroid dienone is 2. The number of hydrogen-bond acceptors (Lipinski definition) is 0. The molecule has 0 bridgehead atoms. The molecule has 0 heterocycles. The van der Waals surface area contributed by atoms with Crippen molar-refractivity contribution in [2.24, 2.45) is 0 Å². The fourth-order valence-corrected chi connectivity index (χ4v) is 2.66. The maximum absolute atomic E-state index is 6.11. The summed E-state index contributed by atoms with van der Waals surface area (Å²) in [6.45, 7) is 0. The molecule has 1 aromatic rings. The number of alkyl halides is 1. The molecule has 0 saturated heterocycles. The van der Waals surface area contributed by atoms with Crippen LogP contribution in [0.25, 0.3) is 0 Å². The van der Waals surface area contributed by atoms with Gasteiger partial charge in [-0.1, -0.05) is 40.9 Å². The normalized spacial score (nSPS) is 20.7. The standard InChI is InChI=1S/C13H13Cl3/c14-11-3-1-2-9(7-11)6-10-4-5-12(15)13(16)8-10/h4-5,7-8,11H,1-3,6H2. The second-order valence-electron chi connectivity index (χ2n) is 4.16. The highest BCUT2D eigenvalue weighted by Gasteiger charge is 2.11. The average molecular weight is 276 g/mol. The van der Waals surface area contributed by atoms with Crippen LogP contribution >= 0.6 is 34.8 Å². The predicted octanol–water partition coefficient (Wildman–Crippen LogP) is 5.25. The molecule has 86 valence electrons. The van der Waals surface area contributed by atoms with Gasteiger partial charge in [-0.3, -0.25) is 0 Å². The lowest BCUT2D eigenvalue weighted by Crippen LogP contribution is -2.05. The van der Waals surface area contributed by atoms with Crippen LogP contribution in [0.2, 0.25) is 10.0 Å². The Balaban J connectivity index is 2.11. The van der Waals surface area contributed by atoms with Crippen LogP contribution in [-0.4, -0.2) is 5.38 Å². The topological polar surface area (TPSA) is 0 Å². The molecule has 0 fully saturated rings. The summed E-state index contributed by atoms with van der Waals surface area (Å²) in [5.41, 5.74) is 2.61. The maximum Gasteiger partial charge on any atom is 0.0595 e. The van der Waals surface area contributed by atoms with E-state index < -0.39 is 0 Å². The van der Waals surface area contributed by atoms with E-state index in [0.29, 0.717) is 10.0 Å². The Bertz CT molecular complexity index is 410. The molecule has 1 atom stereocenters. The Morgan fingerprint density at radius 1 is 1.19 bits per heavy atom. The fraction of sp³-hybridized carbons (Fsp3) is 0.385. The number of halogens is 3. The molecule has 1 unspecified atom stereocenters. The summed E-state index contributed by atoms with van der Waals surface area (Å²) in [7, 11) is 0. The highest BCUT2D eigenvalue weighted by molar-refractivity contribution is 6.42. The van der Waals surface area contributed by atoms with E-state index in [1.54, 1.807) is 0 Å². The predicted molar refractivity (Wildman–Crippen MR) is 71.7 cm³/mol. The minimum Gasteiger partial charge on any atom is -0.118 e. The van der Waals surface area contributed by atoms with Gasteiger partial charge < -0.3 is 0 Å². The maximum atomic E-state index is 6.11. The van der Waals surface area contributed by atoms with E-state index in [-0.39, 0.29) is 5.38 Å². The van der Waals surface area contributed by atoms with E-state index in [4.69, 9.17) is 34.8 Å². The van der Waals surface area contributed by atoms with E-state index in [0.717, 1.165) is 19.3 Å². The van der Waals surface area contributed by atoms with E-state index in [9.17, 15) is 0 Å².